The number of carbonyl (C=O) groups excluding carboxylic acids is 1. The summed E-state index contributed by atoms with van der Waals surface area (Å²) in [5.41, 5.74) is 2.99. The van der Waals surface area contributed by atoms with Gasteiger partial charge in [-0.2, -0.15) is 0 Å². The van der Waals surface area contributed by atoms with Gasteiger partial charge in [0.2, 0.25) is 0 Å². The zero-order valence-corrected chi connectivity index (χ0v) is 14.6. The Bertz CT molecular complexity index is 750. The molecule has 3 aromatic rings. The van der Waals surface area contributed by atoms with Crippen LogP contribution in [-0.4, -0.2) is 19.5 Å². The van der Waals surface area contributed by atoms with Crippen LogP contribution in [0.3, 0.4) is 0 Å². The number of carbonyl (C=O) groups is 1. The predicted octanol–water partition coefficient (Wildman–Crippen LogP) is 4.74. The first kappa shape index (κ1) is 17.7. The fourth-order valence-electron chi connectivity index (χ4n) is 2.69. The van der Waals surface area contributed by atoms with E-state index < -0.39 is 0 Å². The zero-order valence-electron chi connectivity index (χ0n) is 14.6. The van der Waals surface area contributed by atoms with E-state index in [4.69, 9.17) is 9.47 Å². The molecule has 3 rings (SSSR count). The highest BCUT2D eigenvalue weighted by molar-refractivity contribution is 5.76. The zero-order chi connectivity index (χ0) is 18.0. The average Bonchev–Trinajstić information content (AvgIpc) is 2.69. The normalized spacial score (nSPS) is 10.3. The van der Waals surface area contributed by atoms with E-state index in [1.807, 2.05) is 42.5 Å². The van der Waals surface area contributed by atoms with Crippen molar-refractivity contribution in [2.45, 2.75) is 12.8 Å². The smallest absolute Gasteiger partial charge is 0.150 e. The lowest BCUT2D eigenvalue weighted by Crippen LogP contribution is -2.04. The van der Waals surface area contributed by atoms with Crippen molar-refractivity contribution >= 4 is 6.29 Å². The van der Waals surface area contributed by atoms with Gasteiger partial charge in [0, 0.05) is 24.5 Å². The number of ether oxygens (including phenoxy) is 2. The fraction of sp³-hybridized carbons (Fsp3) is 0.174. The van der Waals surface area contributed by atoms with Crippen LogP contribution in [0.5, 0.6) is 11.5 Å². The highest BCUT2D eigenvalue weighted by Gasteiger charge is 2.04. The number of hydrogen-bond donors (Lipinski definition) is 0. The molecule has 0 heterocycles. The summed E-state index contributed by atoms with van der Waals surface area (Å²) in [6, 6.07) is 25.7. The van der Waals surface area contributed by atoms with Crippen molar-refractivity contribution < 1.29 is 14.3 Å². The molecular formula is C23H22O3. The molecule has 0 unspecified atom stereocenters. The van der Waals surface area contributed by atoms with Gasteiger partial charge in [0.25, 0.3) is 0 Å². The number of hydrogen-bond acceptors (Lipinski definition) is 3. The van der Waals surface area contributed by atoms with Crippen molar-refractivity contribution in [2.24, 2.45) is 0 Å². The van der Waals surface area contributed by atoms with Crippen molar-refractivity contribution in [3.8, 4) is 11.5 Å². The second-order valence-corrected chi connectivity index (χ2v) is 6.02. The van der Waals surface area contributed by atoms with Gasteiger partial charge in [-0.1, -0.05) is 60.7 Å². The van der Waals surface area contributed by atoms with Crippen LogP contribution in [-0.2, 0) is 12.8 Å². The average molecular weight is 346 g/mol. The lowest BCUT2D eigenvalue weighted by molar-refractivity contribution is 0.112. The Labute approximate surface area is 154 Å². The van der Waals surface area contributed by atoms with E-state index in [1.165, 1.54) is 11.1 Å². The molecule has 0 aliphatic rings. The van der Waals surface area contributed by atoms with E-state index in [1.54, 1.807) is 12.1 Å². The topological polar surface area (TPSA) is 35.5 Å². The van der Waals surface area contributed by atoms with Crippen molar-refractivity contribution in [1.29, 1.82) is 0 Å². The van der Waals surface area contributed by atoms with Gasteiger partial charge in [0.05, 0.1) is 13.2 Å². The van der Waals surface area contributed by atoms with E-state index in [0.717, 1.165) is 19.1 Å². The Hall–Kier alpha value is -3.07. The van der Waals surface area contributed by atoms with E-state index in [0.29, 0.717) is 30.3 Å². The molecule has 3 aromatic carbocycles. The molecule has 3 nitrogen and oxygen atoms in total. The summed E-state index contributed by atoms with van der Waals surface area (Å²) in [5, 5.41) is 0. The first-order valence-electron chi connectivity index (χ1n) is 8.77. The lowest BCUT2D eigenvalue weighted by Gasteiger charge is -2.11. The molecule has 0 bridgehead atoms. The molecule has 3 heteroatoms. The van der Waals surface area contributed by atoms with Gasteiger partial charge >= 0.3 is 0 Å². The number of rotatable bonds is 9. The minimum absolute atomic E-state index is 0.551. The van der Waals surface area contributed by atoms with Gasteiger partial charge in [-0.25, -0.2) is 0 Å². The maximum absolute atomic E-state index is 11.2. The van der Waals surface area contributed by atoms with Crippen LogP contribution in [0.15, 0.2) is 78.9 Å². The SMILES string of the molecule is O=Cc1cc(OCCc2ccccc2)cc(OCCc2ccccc2)c1. The quantitative estimate of drug-likeness (QED) is 0.525. The predicted molar refractivity (Wildman–Crippen MR) is 103 cm³/mol. The molecule has 0 spiro atoms. The summed E-state index contributed by atoms with van der Waals surface area (Å²) >= 11 is 0. The summed E-state index contributed by atoms with van der Waals surface area (Å²) in [5.74, 6) is 1.31. The maximum Gasteiger partial charge on any atom is 0.150 e. The van der Waals surface area contributed by atoms with E-state index in [2.05, 4.69) is 24.3 Å². The Morgan fingerprint density at radius 3 is 1.54 bits per heavy atom. The molecule has 0 aliphatic carbocycles. The Balaban J connectivity index is 1.56. The second-order valence-electron chi connectivity index (χ2n) is 6.02. The third-order valence-electron chi connectivity index (χ3n) is 4.04. The lowest BCUT2D eigenvalue weighted by atomic mass is 10.1. The van der Waals surface area contributed by atoms with E-state index >= 15 is 0 Å². The van der Waals surface area contributed by atoms with Gasteiger partial charge in [0.1, 0.15) is 17.8 Å². The summed E-state index contributed by atoms with van der Waals surface area (Å²) < 4.78 is 11.6. The highest BCUT2D eigenvalue weighted by Crippen LogP contribution is 2.23. The Morgan fingerprint density at radius 2 is 1.12 bits per heavy atom. The summed E-state index contributed by atoms with van der Waals surface area (Å²) in [6.45, 7) is 1.10. The van der Waals surface area contributed by atoms with Crippen LogP contribution in [0.2, 0.25) is 0 Å². The van der Waals surface area contributed by atoms with Crippen LogP contribution < -0.4 is 9.47 Å². The first-order chi connectivity index (χ1) is 12.8. The Kier molecular flexibility index (Phi) is 6.43. The maximum atomic E-state index is 11.2. The monoisotopic (exact) mass is 346 g/mol. The second kappa shape index (κ2) is 9.42. The van der Waals surface area contributed by atoms with Crippen molar-refractivity contribution in [2.75, 3.05) is 13.2 Å². The Morgan fingerprint density at radius 1 is 0.654 bits per heavy atom. The highest BCUT2D eigenvalue weighted by atomic mass is 16.5. The molecule has 0 saturated carbocycles. The van der Waals surface area contributed by atoms with Gasteiger partial charge < -0.3 is 9.47 Å². The molecule has 0 N–H and O–H groups in total. The van der Waals surface area contributed by atoms with Crippen LogP contribution in [0.4, 0.5) is 0 Å². The molecule has 132 valence electrons. The van der Waals surface area contributed by atoms with Crippen molar-refractivity contribution in [1.82, 2.24) is 0 Å². The molecule has 0 amide bonds. The van der Waals surface area contributed by atoms with Crippen LogP contribution in [0.25, 0.3) is 0 Å². The first-order valence-corrected chi connectivity index (χ1v) is 8.77. The molecule has 0 atom stereocenters. The molecule has 26 heavy (non-hydrogen) atoms. The molecule has 0 radical (unpaired) electrons. The third kappa shape index (κ3) is 5.49. The minimum atomic E-state index is 0.551. The van der Waals surface area contributed by atoms with Gasteiger partial charge in [-0.05, 0) is 23.3 Å². The van der Waals surface area contributed by atoms with Gasteiger partial charge in [-0.15, -0.1) is 0 Å². The van der Waals surface area contributed by atoms with Crippen LogP contribution in [0.1, 0.15) is 21.5 Å². The standard InChI is InChI=1S/C23H22O3/c24-18-21-15-22(25-13-11-19-7-3-1-4-8-19)17-23(16-21)26-14-12-20-9-5-2-6-10-20/h1-10,15-18H,11-14H2. The summed E-state index contributed by atoms with van der Waals surface area (Å²) in [7, 11) is 0. The van der Waals surface area contributed by atoms with Gasteiger partial charge in [-0.3, -0.25) is 4.79 Å². The molecule has 0 saturated heterocycles. The van der Waals surface area contributed by atoms with Gasteiger partial charge in [0.15, 0.2) is 0 Å². The molecule has 0 aromatic heterocycles. The summed E-state index contributed by atoms with van der Waals surface area (Å²) in [4.78, 5) is 11.2. The van der Waals surface area contributed by atoms with E-state index in [9.17, 15) is 4.79 Å². The van der Waals surface area contributed by atoms with Crippen molar-refractivity contribution in [3.63, 3.8) is 0 Å². The molecule has 0 aliphatic heterocycles. The number of aldehydes is 1. The fourth-order valence-corrected chi connectivity index (χ4v) is 2.69. The third-order valence-corrected chi connectivity index (χ3v) is 4.04. The summed E-state index contributed by atoms with van der Waals surface area (Å²) in [6.07, 6.45) is 2.45. The molecule has 0 fully saturated rings. The van der Waals surface area contributed by atoms with Crippen molar-refractivity contribution in [3.05, 3.63) is 95.6 Å². The van der Waals surface area contributed by atoms with E-state index in [-0.39, 0.29) is 0 Å². The van der Waals surface area contributed by atoms with Crippen LogP contribution >= 0.6 is 0 Å². The molecular weight excluding hydrogens is 324 g/mol. The van der Waals surface area contributed by atoms with Crippen LogP contribution in [0, 0.1) is 0 Å². The largest absolute Gasteiger partial charge is 0.493 e. The minimum Gasteiger partial charge on any atom is -0.493 e. The number of benzene rings is 3.